The zero-order valence-electron chi connectivity index (χ0n) is 22.1. The van der Waals surface area contributed by atoms with Crippen molar-refractivity contribution in [3.63, 3.8) is 0 Å². The van der Waals surface area contributed by atoms with E-state index in [-0.39, 0.29) is 42.8 Å². The van der Waals surface area contributed by atoms with Crippen LogP contribution in [0.15, 0.2) is 18.2 Å². The number of nitrogens with one attached hydrogen (secondary N) is 2. The summed E-state index contributed by atoms with van der Waals surface area (Å²) in [6.45, 7) is 10.2. The van der Waals surface area contributed by atoms with Crippen LogP contribution in [0.25, 0.3) is 0 Å². The quantitative estimate of drug-likeness (QED) is 0.492. The van der Waals surface area contributed by atoms with Gasteiger partial charge in [-0.05, 0) is 44.9 Å². The average molecular weight is 537 g/mol. The molecule has 1 fully saturated rings. The van der Waals surface area contributed by atoms with E-state index in [1.807, 2.05) is 13.8 Å². The van der Waals surface area contributed by atoms with Crippen molar-refractivity contribution >= 4 is 41.1 Å². The summed E-state index contributed by atoms with van der Waals surface area (Å²) in [5.74, 6) is -0.223. The predicted octanol–water partition coefficient (Wildman–Crippen LogP) is 3.27. The molecule has 3 rings (SSSR count). The number of carbonyl (C=O) groups is 4. The van der Waals surface area contributed by atoms with Gasteiger partial charge in [0, 0.05) is 50.1 Å². The van der Waals surface area contributed by atoms with Gasteiger partial charge in [-0.2, -0.15) is 0 Å². The van der Waals surface area contributed by atoms with E-state index in [0.29, 0.717) is 49.4 Å². The Kier molecular flexibility index (Phi) is 9.28. The SMILES string of the molecule is CCC(=O)NCCN1C(=O)C(C)(C)Oc2ccc(C(=O)N[C@@H]3CCCN(C(=O)OC(Cl)C(C)C)C3)cc21. The highest BCUT2D eigenvalue weighted by Crippen LogP contribution is 2.38. The van der Waals surface area contributed by atoms with E-state index < -0.39 is 17.3 Å². The predicted molar refractivity (Wildman–Crippen MR) is 140 cm³/mol. The fraction of sp³-hybridized carbons (Fsp3) is 0.615. The molecule has 2 atom stereocenters. The summed E-state index contributed by atoms with van der Waals surface area (Å²) in [6, 6.07) is 4.68. The van der Waals surface area contributed by atoms with Crippen LogP contribution in [0.5, 0.6) is 5.75 Å². The third-order valence-corrected chi connectivity index (χ3v) is 6.96. The Morgan fingerprint density at radius 3 is 2.68 bits per heavy atom. The van der Waals surface area contributed by atoms with E-state index in [1.54, 1.807) is 48.8 Å². The smallest absolute Gasteiger partial charge is 0.411 e. The molecule has 2 aliphatic rings. The number of alkyl halides is 1. The van der Waals surface area contributed by atoms with Gasteiger partial charge in [-0.3, -0.25) is 14.4 Å². The Morgan fingerprint density at radius 1 is 1.27 bits per heavy atom. The second kappa shape index (κ2) is 12.0. The molecule has 4 amide bonds. The Balaban J connectivity index is 1.70. The molecule has 0 aliphatic carbocycles. The highest BCUT2D eigenvalue weighted by atomic mass is 35.5. The molecule has 2 N–H and O–H groups in total. The van der Waals surface area contributed by atoms with Crippen LogP contribution in [0, 0.1) is 5.92 Å². The number of hydrogen-bond acceptors (Lipinski definition) is 6. The van der Waals surface area contributed by atoms with Crippen molar-refractivity contribution in [2.24, 2.45) is 5.92 Å². The third kappa shape index (κ3) is 7.06. The van der Waals surface area contributed by atoms with Crippen LogP contribution in [-0.2, 0) is 14.3 Å². The van der Waals surface area contributed by atoms with Gasteiger partial charge in [0.05, 0.1) is 5.69 Å². The van der Waals surface area contributed by atoms with Gasteiger partial charge >= 0.3 is 6.09 Å². The second-order valence-corrected chi connectivity index (χ2v) is 10.6. The van der Waals surface area contributed by atoms with Crippen molar-refractivity contribution < 1.29 is 28.7 Å². The van der Waals surface area contributed by atoms with Crippen LogP contribution in [-0.4, -0.2) is 72.1 Å². The summed E-state index contributed by atoms with van der Waals surface area (Å²) in [7, 11) is 0. The van der Waals surface area contributed by atoms with Gasteiger partial charge in [0.2, 0.25) is 5.91 Å². The minimum Gasteiger partial charge on any atom is -0.476 e. The number of nitrogens with zero attached hydrogens (tertiary/aromatic N) is 2. The average Bonchev–Trinajstić information content (AvgIpc) is 2.85. The number of carbonyl (C=O) groups excluding carboxylic acids is 4. The topological polar surface area (TPSA) is 117 Å². The first-order valence-electron chi connectivity index (χ1n) is 12.7. The Hall–Kier alpha value is -3.01. The fourth-order valence-electron chi connectivity index (χ4n) is 4.20. The Bertz CT molecular complexity index is 1030. The van der Waals surface area contributed by atoms with E-state index in [4.69, 9.17) is 21.1 Å². The summed E-state index contributed by atoms with van der Waals surface area (Å²) in [5, 5.41) is 5.77. The number of ether oxygens (including phenoxy) is 2. The van der Waals surface area contributed by atoms with Crippen molar-refractivity contribution in [2.75, 3.05) is 31.1 Å². The highest BCUT2D eigenvalue weighted by molar-refractivity contribution is 6.20. The molecule has 1 saturated heterocycles. The van der Waals surface area contributed by atoms with Gasteiger partial charge in [0.15, 0.2) is 11.2 Å². The summed E-state index contributed by atoms with van der Waals surface area (Å²) >= 11 is 6.08. The number of anilines is 1. The van der Waals surface area contributed by atoms with Gasteiger partial charge < -0.3 is 29.9 Å². The maximum absolute atomic E-state index is 13.1. The zero-order valence-corrected chi connectivity index (χ0v) is 22.9. The molecule has 2 aliphatic heterocycles. The number of benzene rings is 1. The lowest BCUT2D eigenvalue weighted by Crippen LogP contribution is -2.54. The van der Waals surface area contributed by atoms with Crippen molar-refractivity contribution in [3.05, 3.63) is 23.8 Å². The number of rotatable bonds is 8. The molecule has 37 heavy (non-hydrogen) atoms. The molecule has 0 radical (unpaired) electrons. The number of fused-ring (bicyclic) bond motifs is 1. The molecule has 2 heterocycles. The first kappa shape index (κ1) is 28.6. The van der Waals surface area contributed by atoms with E-state index in [2.05, 4.69) is 10.6 Å². The number of amides is 4. The maximum atomic E-state index is 13.1. The molecule has 10 nitrogen and oxygen atoms in total. The minimum absolute atomic E-state index is 0.0150. The summed E-state index contributed by atoms with van der Waals surface area (Å²) < 4.78 is 11.2. The molecule has 0 aromatic heterocycles. The number of halogens is 1. The lowest BCUT2D eigenvalue weighted by Gasteiger charge is -2.39. The molecule has 204 valence electrons. The number of likely N-dealkylation sites (tertiary alicyclic amines) is 1. The largest absolute Gasteiger partial charge is 0.476 e. The van der Waals surface area contributed by atoms with Crippen LogP contribution < -0.4 is 20.3 Å². The Labute approximate surface area is 223 Å². The van der Waals surface area contributed by atoms with Crippen LogP contribution in [0.4, 0.5) is 10.5 Å². The van der Waals surface area contributed by atoms with Gasteiger partial charge in [0.25, 0.3) is 11.8 Å². The first-order valence-corrected chi connectivity index (χ1v) is 13.2. The standard InChI is InChI=1S/C26H37ClN4O6/c1-6-21(32)28-11-13-31-19-14-17(9-10-20(19)37-26(4,5)24(31)34)23(33)29-18-8-7-12-30(15-18)25(35)36-22(27)16(2)3/h9-10,14,16,18,22H,6-8,11-13,15H2,1-5H3,(H,28,32)(H,29,33)/t18-,22?/m1/s1. The third-order valence-electron chi connectivity index (χ3n) is 6.37. The van der Waals surface area contributed by atoms with Crippen LogP contribution in [0.3, 0.4) is 0 Å². The van der Waals surface area contributed by atoms with Crippen molar-refractivity contribution in [1.82, 2.24) is 15.5 Å². The van der Waals surface area contributed by atoms with Gasteiger partial charge in [-0.15, -0.1) is 0 Å². The Morgan fingerprint density at radius 2 is 2.00 bits per heavy atom. The lowest BCUT2D eigenvalue weighted by molar-refractivity contribution is -0.132. The van der Waals surface area contributed by atoms with Gasteiger partial charge in [-0.1, -0.05) is 32.4 Å². The molecular formula is C26H37ClN4O6. The number of hydrogen-bond donors (Lipinski definition) is 2. The van der Waals surface area contributed by atoms with Crippen LogP contribution in [0.2, 0.25) is 0 Å². The van der Waals surface area contributed by atoms with E-state index >= 15 is 0 Å². The van der Waals surface area contributed by atoms with Gasteiger partial charge in [-0.25, -0.2) is 4.79 Å². The molecule has 1 aromatic carbocycles. The molecule has 0 spiro atoms. The first-order chi connectivity index (χ1) is 17.4. The van der Waals surface area contributed by atoms with Crippen molar-refractivity contribution in [2.45, 2.75) is 71.1 Å². The zero-order chi connectivity index (χ0) is 27.3. The minimum atomic E-state index is -1.08. The van der Waals surface area contributed by atoms with E-state index in [0.717, 1.165) is 0 Å². The molecule has 1 aromatic rings. The number of piperidine rings is 1. The molecule has 0 bridgehead atoms. The summed E-state index contributed by atoms with van der Waals surface area (Å²) in [6.07, 6.45) is 1.29. The van der Waals surface area contributed by atoms with E-state index in [1.165, 1.54) is 0 Å². The monoisotopic (exact) mass is 536 g/mol. The summed E-state index contributed by atoms with van der Waals surface area (Å²) in [5.41, 5.74) is -0.967. The normalized spacial score (nSPS) is 19.5. The van der Waals surface area contributed by atoms with E-state index in [9.17, 15) is 19.2 Å². The highest BCUT2D eigenvalue weighted by Gasteiger charge is 2.41. The molecule has 0 saturated carbocycles. The van der Waals surface area contributed by atoms with Gasteiger partial charge in [0.1, 0.15) is 5.75 Å². The van der Waals surface area contributed by atoms with Crippen molar-refractivity contribution in [3.8, 4) is 5.75 Å². The maximum Gasteiger partial charge on any atom is 0.411 e. The van der Waals surface area contributed by atoms with Crippen LogP contribution in [0.1, 0.15) is 64.2 Å². The molecule has 1 unspecified atom stereocenters. The fourth-order valence-corrected chi connectivity index (χ4v) is 4.28. The second-order valence-electron chi connectivity index (χ2n) is 10.2. The van der Waals surface area contributed by atoms with Crippen molar-refractivity contribution in [1.29, 1.82) is 0 Å². The lowest BCUT2D eigenvalue weighted by atomic mass is 10.0. The molecular weight excluding hydrogens is 500 g/mol. The van der Waals surface area contributed by atoms with Crippen LogP contribution >= 0.6 is 11.6 Å². The molecule has 11 heteroatoms. The summed E-state index contributed by atoms with van der Waals surface area (Å²) in [4.78, 5) is 53.5.